The number of hydrogen-bond acceptors (Lipinski definition) is 7. The molecule has 1 unspecified atom stereocenters. The van der Waals surface area contributed by atoms with Gasteiger partial charge in [-0.05, 0) is 47.9 Å². The molecule has 0 radical (unpaired) electrons. The molecule has 0 bridgehead atoms. The van der Waals surface area contributed by atoms with Gasteiger partial charge in [0.05, 0.1) is 30.9 Å². The summed E-state index contributed by atoms with van der Waals surface area (Å²) in [7, 11) is 1.50. The Kier molecular flexibility index (Phi) is 7.44. The number of likely N-dealkylation sites (tertiary alicyclic amines) is 1. The fourth-order valence-electron chi connectivity index (χ4n) is 4.07. The number of carbonyl (C=O) groups excluding carboxylic acids is 3. The number of pyridine rings is 1. The first-order valence-electron chi connectivity index (χ1n) is 11.5. The summed E-state index contributed by atoms with van der Waals surface area (Å²) in [5, 5.41) is 11.2. The van der Waals surface area contributed by atoms with E-state index >= 15 is 0 Å². The lowest BCUT2D eigenvalue weighted by atomic mass is 9.96. The lowest BCUT2D eigenvalue weighted by Crippen LogP contribution is -2.29. The van der Waals surface area contributed by atoms with Crippen molar-refractivity contribution in [3.63, 3.8) is 0 Å². The number of esters is 1. The summed E-state index contributed by atoms with van der Waals surface area (Å²) in [5.41, 5.74) is 2.02. The Bertz CT molecular complexity index is 1300. The van der Waals surface area contributed by atoms with Crippen molar-refractivity contribution in [3.8, 4) is 5.75 Å². The lowest BCUT2D eigenvalue weighted by Gasteiger charge is -2.25. The Hall–Kier alpha value is -4.46. The van der Waals surface area contributed by atoms with Crippen molar-refractivity contribution in [2.75, 3.05) is 13.7 Å². The maximum atomic E-state index is 13.2. The number of nitrogens with zero attached hydrogens (tertiary/aromatic N) is 2. The first-order chi connectivity index (χ1) is 17.4. The summed E-state index contributed by atoms with van der Waals surface area (Å²) in [4.78, 5) is 44.0. The van der Waals surface area contributed by atoms with E-state index in [4.69, 9.17) is 9.47 Å². The molecular formula is C28H26N2O6. The lowest BCUT2D eigenvalue weighted by molar-refractivity contribution is -0.140. The zero-order valence-corrected chi connectivity index (χ0v) is 20.0. The minimum Gasteiger partial charge on any atom is -0.507 e. The molecule has 2 heterocycles. The van der Waals surface area contributed by atoms with E-state index in [1.54, 1.807) is 73.1 Å². The van der Waals surface area contributed by atoms with Gasteiger partial charge >= 0.3 is 5.97 Å². The minimum absolute atomic E-state index is 0.0268. The second-order valence-electron chi connectivity index (χ2n) is 8.28. The number of carbonyl (C=O) groups is 3. The van der Waals surface area contributed by atoms with Gasteiger partial charge in [-0.15, -0.1) is 0 Å². The molecule has 4 rings (SSSR count). The zero-order chi connectivity index (χ0) is 25.7. The Morgan fingerprint density at radius 1 is 1.06 bits per heavy atom. The van der Waals surface area contributed by atoms with E-state index in [-0.39, 0.29) is 17.9 Å². The number of aliphatic hydroxyl groups is 1. The van der Waals surface area contributed by atoms with E-state index in [1.165, 1.54) is 12.0 Å². The van der Waals surface area contributed by atoms with Crippen molar-refractivity contribution in [2.24, 2.45) is 0 Å². The van der Waals surface area contributed by atoms with E-state index in [9.17, 15) is 19.5 Å². The van der Waals surface area contributed by atoms with E-state index in [1.807, 2.05) is 6.92 Å². The van der Waals surface area contributed by atoms with Crippen LogP contribution in [0.3, 0.4) is 0 Å². The SMILES string of the molecule is CCCOC(=O)c1ccc(CN2C(=O)C(=O)/C(=C(/O)c3cccc(OC)c3)C2c2cccnc2)cc1. The van der Waals surface area contributed by atoms with Crippen LogP contribution < -0.4 is 4.74 Å². The van der Waals surface area contributed by atoms with Crippen LogP contribution in [-0.2, 0) is 20.9 Å². The van der Waals surface area contributed by atoms with Crippen LogP contribution in [0.4, 0.5) is 0 Å². The van der Waals surface area contributed by atoms with Crippen molar-refractivity contribution in [3.05, 3.63) is 101 Å². The molecule has 2 aromatic carbocycles. The molecule has 1 aromatic heterocycles. The van der Waals surface area contributed by atoms with Crippen LogP contribution in [0.5, 0.6) is 5.75 Å². The molecule has 8 nitrogen and oxygen atoms in total. The smallest absolute Gasteiger partial charge is 0.338 e. The van der Waals surface area contributed by atoms with Crippen molar-refractivity contribution < 1.29 is 29.0 Å². The summed E-state index contributed by atoms with van der Waals surface area (Å²) in [5.74, 6) is -1.73. The van der Waals surface area contributed by atoms with Gasteiger partial charge in [0.2, 0.25) is 0 Å². The van der Waals surface area contributed by atoms with Crippen LogP contribution in [0.2, 0.25) is 0 Å². The van der Waals surface area contributed by atoms with Gasteiger partial charge in [0.1, 0.15) is 11.5 Å². The summed E-state index contributed by atoms with van der Waals surface area (Å²) in [6.45, 7) is 2.34. The van der Waals surface area contributed by atoms with Gasteiger partial charge in [-0.3, -0.25) is 14.6 Å². The second-order valence-corrected chi connectivity index (χ2v) is 8.28. The van der Waals surface area contributed by atoms with Gasteiger partial charge in [-0.2, -0.15) is 0 Å². The molecule has 1 atom stereocenters. The highest BCUT2D eigenvalue weighted by Crippen LogP contribution is 2.40. The molecule has 0 saturated carbocycles. The molecule has 184 valence electrons. The summed E-state index contributed by atoms with van der Waals surface area (Å²) in [6, 6.07) is 15.9. The average molecular weight is 487 g/mol. The number of hydrogen-bond donors (Lipinski definition) is 1. The van der Waals surface area contributed by atoms with Gasteiger partial charge in [0.25, 0.3) is 11.7 Å². The third-order valence-electron chi connectivity index (χ3n) is 5.86. The largest absolute Gasteiger partial charge is 0.507 e. The van der Waals surface area contributed by atoms with Crippen molar-refractivity contribution in [1.29, 1.82) is 0 Å². The molecule has 1 fully saturated rings. The third kappa shape index (κ3) is 4.98. The van der Waals surface area contributed by atoms with Crippen LogP contribution in [0.25, 0.3) is 5.76 Å². The van der Waals surface area contributed by atoms with Crippen LogP contribution in [0.15, 0.2) is 78.6 Å². The van der Waals surface area contributed by atoms with Crippen molar-refractivity contribution in [1.82, 2.24) is 9.88 Å². The normalized spacial score (nSPS) is 16.7. The average Bonchev–Trinajstić information content (AvgIpc) is 3.17. The highest BCUT2D eigenvalue weighted by molar-refractivity contribution is 6.46. The summed E-state index contributed by atoms with van der Waals surface area (Å²) < 4.78 is 10.4. The van der Waals surface area contributed by atoms with Crippen molar-refractivity contribution in [2.45, 2.75) is 25.9 Å². The van der Waals surface area contributed by atoms with E-state index in [0.29, 0.717) is 34.6 Å². The van der Waals surface area contributed by atoms with Crippen molar-refractivity contribution >= 4 is 23.4 Å². The molecule has 0 spiro atoms. The molecule has 1 N–H and O–H groups in total. The van der Waals surface area contributed by atoms with Crippen LogP contribution in [0.1, 0.15) is 46.4 Å². The van der Waals surface area contributed by atoms with Gasteiger partial charge in [0.15, 0.2) is 0 Å². The number of benzene rings is 2. The van der Waals surface area contributed by atoms with Gasteiger partial charge in [0, 0.05) is 24.5 Å². The molecule has 1 amide bonds. The monoisotopic (exact) mass is 486 g/mol. The number of rotatable bonds is 8. The molecule has 1 aliphatic rings. The maximum absolute atomic E-state index is 13.2. The molecule has 1 aliphatic heterocycles. The Balaban J connectivity index is 1.71. The fourth-order valence-corrected chi connectivity index (χ4v) is 4.07. The number of aromatic nitrogens is 1. The molecule has 3 aromatic rings. The standard InChI is InChI=1S/C28H26N2O6/c1-3-14-36-28(34)19-11-9-18(10-12-19)17-30-24(21-7-5-13-29-16-21)23(26(32)27(30)33)25(31)20-6-4-8-22(15-20)35-2/h4-13,15-16,24,31H,3,14,17H2,1-2H3/b25-23+. The first-order valence-corrected chi connectivity index (χ1v) is 11.5. The van der Waals surface area contributed by atoms with Gasteiger partial charge in [-0.25, -0.2) is 4.79 Å². The number of methoxy groups -OCH3 is 1. The van der Waals surface area contributed by atoms with E-state index in [2.05, 4.69) is 4.98 Å². The topological polar surface area (TPSA) is 106 Å². The fraction of sp³-hybridized carbons (Fsp3) is 0.214. The number of aliphatic hydroxyl groups excluding tert-OH is 1. The molecule has 36 heavy (non-hydrogen) atoms. The van der Waals surface area contributed by atoms with Crippen LogP contribution in [-0.4, -0.2) is 46.4 Å². The van der Waals surface area contributed by atoms with Gasteiger partial charge < -0.3 is 19.5 Å². The zero-order valence-electron chi connectivity index (χ0n) is 20.0. The molecule has 0 aliphatic carbocycles. The van der Waals surface area contributed by atoms with Crippen LogP contribution in [0, 0.1) is 0 Å². The van der Waals surface area contributed by atoms with E-state index < -0.39 is 23.7 Å². The molecular weight excluding hydrogens is 460 g/mol. The highest BCUT2D eigenvalue weighted by Gasteiger charge is 2.46. The predicted octanol–water partition coefficient (Wildman–Crippen LogP) is 4.28. The van der Waals surface area contributed by atoms with Gasteiger partial charge in [-0.1, -0.05) is 37.3 Å². The molecule has 8 heteroatoms. The Morgan fingerprint density at radius 2 is 1.83 bits per heavy atom. The Labute approximate surface area is 208 Å². The number of ketones is 1. The number of amides is 1. The Morgan fingerprint density at radius 3 is 2.50 bits per heavy atom. The minimum atomic E-state index is -0.848. The number of Topliss-reactive ketones (excluding diaryl/α,β-unsaturated/α-hetero) is 1. The maximum Gasteiger partial charge on any atom is 0.338 e. The third-order valence-corrected chi connectivity index (χ3v) is 5.86. The van der Waals surface area contributed by atoms with Crippen LogP contribution >= 0.6 is 0 Å². The quantitative estimate of drug-likeness (QED) is 0.219. The number of ether oxygens (including phenoxy) is 2. The summed E-state index contributed by atoms with van der Waals surface area (Å²) in [6.07, 6.45) is 3.88. The summed E-state index contributed by atoms with van der Waals surface area (Å²) >= 11 is 0. The second kappa shape index (κ2) is 10.9. The first kappa shape index (κ1) is 24.7. The van der Waals surface area contributed by atoms with E-state index in [0.717, 1.165) is 6.42 Å². The molecule has 1 saturated heterocycles. The predicted molar refractivity (Wildman–Crippen MR) is 132 cm³/mol. The highest BCUT2D eigenvalue weighted by atomic mass is 16.5.